The summed E-state index contributed by atoms with van der Waals surface area (Å²) < 4.78 is 2.02. The van der Waals surface area contributed by atoms with Gasteiger partial charge in [0.2, 0.25) is 0 Å². The van der Waals surface area contributed by atoms with Crippen LogP contribution in [0.1, 0.15) is 49.3 Å². The van der Waals surface area contributed by atoms with Crippen molar-refractivity contribution in [3.63, 3.8) is 0 Å². The molecule has 0 radical (unpaired) electrons. The number of aromatic amines is 1. The van der Waals surface area contributed by atoms with E-state index < -0.39 is 0 Å². The fourth-order valence-electron chi connectivity index (χ4n) is 4.85. The predicted molar refractivity (Wildman–Crippen MR) is 123 cm³/mol. The number of fused-ring (bicyclic) bond motifs is 3. The molecule has 0 bridgehead atoms. The van der Waals surface area contributed by atoms with Gasteiger partial charge in [-0.2, -0.15) is 9.61 Å². The number of hydrogen-bond donors (Lipinski definition) is 2. The van der Waals surface area contributed by atoms with Gasteiger partial charge >= 0.3 is 0 Å². The molecule has 160 valence electrons. The van der Waals surface area contributed by atoms with E-state index in [-0.39, 0.29) is 5.41 Å². The van der Waals surface area contributed by atoms with E-state index in [4.69, 9.17) is 9.97 Å². The molecule has 0 amide bonds. The molecule has 1 fully saturated rings. The fourth-order valence-corrected chi connectivity index (χ4v) is 4.85. The third-order valence-electron chi connectivity index (χ3n) is 6.72. The molecule has 0 atom stereocenters. The number of anilines is 1. The van der Waals surface area contributed by atoms with Gasteiger partial charge < -0.3 is 15.2 Å². The van der Waals surface area contributed by atoms with E-state index in [1.54, 1.807) is 0 Å². The highest BCUT2D eigenvalue weighted by Crippen LogP contribution is 2.35. The number of benzene rings is 1. The maximum absolute atomic E-state index is 4.91. The standard InChI is InChI=1S/C24H29N7/c1-24(2,3)16-4-5-19-20(12-16)29-22(28-19)15-13-30(14-15)23-17-6-9-25-10-7-18(17)27-21-8-11-26-31(21)23/h4-5,8,11-12,15,25H,6-7,9-10,13-14H2,1-3H3,(H,28,29). The molecule has 7 nitrogen and oxygen atoms in total. The van der Waals surface area contributed by atoms with E-state index in [9.17, 15) is 0 Å². The summed E-state index contributed by atoms with van der Waals surface area (Å²) in [6, 6.07) is 8.61. The first-order valence-electron chi connectivity index (χ1n) is 11.3. The van der Waals surface area contributed by atoms with Gasteiger partial charge in [0, 0.05) is 37.7 Å². The van der Waals surface area contributed by atoms with Crippen LogP contribution in [0.25, 0.3) is 16.7 Å². The number of nitrogens with zero attached hydrogens (tertiary/aromatic N) is 5. The minimum absolute atomic E-state index is 0.135. The molecule has 6 rings (SSSR count). The summed E-state index contributed by atoms with van der Waals surface area (Å²) in [5.74, 6) is 2.72. The van der Waals surface area contributed by atoms with Crippen molar-refractivity contribution in [2.24, 2.45) is 0 Å². The van der Waals surface area contributed by atoms with Gasteiger partial charge in [-0.15, -0.1) is 0 Å². The maximum Gasteiger partial charge on any atom is 0.157 e. The van der Waals surface area contributed by atoms with Crippen LogP contribution in [-0.2, 0) is 18.3 Å². The Hall–Kier alpha value is -2.93. The molecule has 5 heterocycles. The Bertz CT molecular complexity index is 1270. The Morgan fingerprint density at radius 3 is 2.71 bits per heavy atom. The summed E-state index contributed by atoms with van der Waals surface area (Å²) in [5.41, 5.74) is 7.17. The van der Waals surface area contributed by atoms with Gasteiger partial charge in [-0.1, -0.05) is 26.8 Å². The highest BCUT2D eigenvalue weighted by Gasteiger charge is 2.34. The van der Waals surface area contributed by atoms with Crippen molar-refractivity contribution < 1.29 is 0 Å². The molecule has 31 heavy (non-hydrogen) atoms. The Morgan fingerprint density at radius 1 is 1.03 bits per heavy atom. The van der Waals surface area contributed by atoms with Crippen LogP contribution in [0.2, 0.25) is 0 Å². The zero-order valence-electron chi connectivity index (χ0n) is 18.4. The third kappa shape index (κ3) is 3.10. The number of aromatic nitrogens is 5. The van der Waals surface area contributed by atoms with Crippen LogP contribution in [0.15, 0.2) is 30.5 Å². The fraction of sp³-hybridized carbons (Fsp3) is 0.458. The second-order valence-corrected chi connectivity index (χ2v) is 9.92. The largest absolute Gasteiger partial charge is 0.355 e. The molecule has 1 saturated heterocycles. The van der Waals surface area contributed by atoms with Gasteiger partial charge in [-0.25, -0.2) is 9.97 Å². The summed E-state index contributed by atoms with van der Waals surface area (Å²) in [4.78, 5) is 15.9. The molecule has 4 aromatic rings. The van der Waals surface area contributed by atoms with Crippen LogP contribution in [0.5, 0.6) is 0 Å². The molecule has 2 aliphatic heterocycles. The topological polar surface area (TPSA) is 74.1 Å². The lowest BCUT2D eigenvalue weighted by Crippen LogP contribution is -2.47. The van der Waals surface area contributed by atoms with Gasteiger partial charge in [0.1, 0.15) is 11.6 Å². The van der Waals surface area contributed by atoms with Gasteiger partial charge in [0.15, 0.2) is 5.65 Å². The molecule has 0 unspecified atom stereocenters. The lowest BCUT2D eigenvalue weighted by molar-refractivity contribution is 0.494. The van der Waals surface area contributed by atoms with Crippen LogP contribution in [0, 0.1) is 0 Å². The molecule has 0 spiro atoms. The molecular formula is C24H29N7. The Kier molecular flexibility index (Phi) is 4.12. The van der Waals surface area contributed by atoms with E-state index in [0.717, 1.165) is 61.5 Å². The van der Waals surface area contributed by atoms with Crippen LogP contribution in [-0.4, -0.2) is 50.7 Å². The van der Waals surface area contributed by atoms with Gasteiger partial charge in [0.25, 0.3) is 0 Å². The van der Waals surface area contributed by atoms with Crippen LogP contribution >= 0.6 is 0 Å². The Balaban J connectivity index is 1.31. The first-order valence-corrected chi connectivity index (χ1v) is 11.3. The minimum Gasteiger partial charge on any atom is -0.355 e. The monoisotopic (exact) mass is 415 g/mol. The quantitative estimate of drug-likeness (QED) is 0.526. The zero-order chi connectivity index (χ0) is 21.2. The number of H-pyrrole nitrogens is 1. The predicted octanol–water partition coefficient (Wildman–Crippen LogP) is 3.20. The summed E-state index contributed by atoms with van der Waals surface area (Å²) in [6.07, 6.45) is 3.82. The maximum atomic E-state index is 4.91. The van der Waals surface area contributed by atoms with Crippen molar-refractivity contribution in [1.29, 1.82) is 0 Å². The molecule has 1 aromatic carbocycles. The van der Waals surface area contributed by atoms with Crippen molar-refractivity contribution in [3.05, 3.63) is 53.1 Å². The summed E-state index contributed by atoms with van der Waals surface area (Å²) in [5, 5.41) is 8.10. The Morgan fingerprint density at radius 2 is 1.87 bits per heavy atom. The lowest BCUT2D eigenvalue weighted by Gasteiger charge is -2.41. The molecule has 0 saturated carbocycles. The van der Waals surface area contributed by atoms with Crippen molar-refractivity contribution in [1.82, 2.24) is 29.9 Å². The lowest BCUT2D eigenvalue weighted by atomic mass is 9.87. The molecular weight excluding hydrogens is 386 g/mol. The Labute approximate surface area is 181 Å². The van der Waals surface area contributed by atoms with E-state index >= 15 is 0 Å². The number of imidazole rings is 1. The van der Waals surface area contributed by atoms with Crippen LogP contribution in [0.3, 0.4) is 0 Å². The molecule has 0 aliphatic carbocycles. The SMILES string of the molecule is CC(C)(C)c1ccc2nc(C3CN(c4c5c(nc6ccnn46)CCNCC5)C3)[nH]c2c1. The van der Waals surface area contributed by atoms with E-state index in [0.29, 0.717) is 5.92 Å². The summed E-state index contributed by atoms with van der Waals surface area (Å²) in [7, 11) is 0. The minimum atomic E-state index is 0.135. The molecule has 3 aromatic heterocycles. The first kappa shape index (κ1) is 18.8. The van der Waals surface area contributed by atoms with Gasteiger partial charge in [-0.3, -0.25) is 0 Å². The number of hydrogen-bond acceptors (Lipinski definition) is 5. The molecule has 2 N–H and O–H groups in total. The van der Waals surface area contributed by atoms with Crippen molar-refractivity contribution >= 4 is 22.5 Å². The van der Waals surface area contributed by atoms with E-state index in [1.807, 2.05) is 16.8 Å². The normalized spacial score (nSPS) is 17.7. The average molecular weight is 416 g/mol. The molecule has 7 heteroatoms. The highest BCUT2D eigenvalue weighted by molar-refractivity contribution is 5.76. The van der Waals surface area contributed by atoms with Gasteiger partial charge in [0.05, 0.1) is 28.8 Å². The van der Waals surface area contributed by atoms with Crippen LogP contribution in [0.4, 0.5) is 5.82 Å². The smallest absolute Gasteiger partial charge is 0.157 e. The van der Waals surface area contributed by atoms with Crippen molar-refractivity contribution in [3.8, 4) is 0 Å². The second kappa shape index (κ2) is 6.79. The number of nitrogens with one attached hydrogen (secondary N) is 2. The summed E-state index contributed by atoms with van der Waals surface area (Å²) >= 11 is 0. The van der Waals surface area contributed by atoms with Crippen LogP contribution < -0.4 is 10.2 Å². The van der Waals surface area contributed by atoms with E-state index in [1.165, 1.54) is 22.6 Å². The van der Waals surface area contributed by atoms with Gasteiger partial charge in [-0.05, 0) is 36.1 Å². The van der Waals surface area contributed by atoms with Crippen molar-refractivity contribution in [2.75, 3.05) is 31.1 Å². The van der Waals surface area contributed by atoms with E-state index in [2.05, 4.69) is 59.3 Å². The second-order valence-electron chi connectivity index (χ2n) is 9.92. The molecule has 2 aliphatic rings. The first-order chi connectivity index (χ1) is 15.0. The summed E-state index contributed by atoms with van der Waals surface area (Å²) in [6.45, 7) is 10.6. The third-order valence-corrected chi connectivity index (χ3v) is 6.72. The number of rotatable bonds is 2. The van der Waals surface area contributed by atoms with Crippen molar-refractivity contribution in [2.45, 2.75) is 44.9 Å². The average Bonchev–Trinajstić information content (AvgIpc) is 3.25. The highest BCUT2D eigenvalue weighted by atomic mass is 15.4. The zero-order valence-corrected chi connectivity index (χ0v) is 18.4.